The van der Waals surface area contributed by atoms with Gasteiger partial charge in [0, 0.05) is 12.6 Å². The second-order valence-corrected chi connectivity index (χ2v) is 7.88. The van der Waals surface area contributed by atoms with Gasteiger partial charge in [-0.15, -0.1) is 0 Å². The molecule has 0 amide bonds. The third-order valence-corrected chi connectivity index (χ3v) is 5.89. The molecule has 1 aliphatic carbocycles. The summed E-state index contributed by atoms with van der Waals surface area (Å²) in [6, 6.07) is 7.51. The van der Waals surface area contributed by atoms with Crippen LogP contribution in [0.5, 0.6) is 0 Å². The molecule has 1 aromatic carbocycles. The Morgan fingerprint density at radius 3 is 2.57 bits per heavy atom. The molecule has 1 aromatic rings. The molecule has 0 saturated heterocycles. The molecule has 2 rings (SSSR count). The quantitative estimate of drug-likeness (QED) is 0.878. The Bertz CT molecular complexity index is 571. The summed E-state index contributed by atoms with van der Waals surface area (Å²) in [6.07, 6.45) is 3.49. The van der Waals surface area contributed by atoms with Gasteiger partial charge in [-0.2, -0.15) is 0 Å². The number of sulfonamides is 1. The summed E-state index contributed by atoms with van der Waals surface area (Å²) in [5.74, 6) is 1.32. The molecule has 118 valence electrons. The minimum Gasteiger partial charge on any atom is -0.381 e. The maximum Gasteiger partial charge on any atom is 0.242 e. The van der Waals surface area contributed by atoms with Gasteiger partial charge in [0.1, 0.15) is 4.90 Å². The molecule has 0 spiro atoms. The molecule has 4 nitrogen and oxygen atoms in total. The van der Waals surface area contributed by atoms with Crippen LogP contribution in [0.4, 0.5) is 5.69 Å². The van der Waals surface area contributed by atoms with E-state index in [0.29, 0.717) is 29.1 Å². The highest BCUT2D eigenvalue weighted by atomic mass is 32.2. The molecule has 0 bridgehead atoms. The van der Waals surface area contributed by atoms with Gasteiger partial charge in [-0.25, -0.2) is 13.1 Å². The molecule has 21 heavy (non-hydrogen) atoms. The highest BCUT2D eigenvalue weighted by Gasteiger charge is 2.27. The number of rotatable bonds is 5. The van der Waals surface area contributed by atoms with Gasteiger partial charge in [-0.1, -0.05) is 32.9 Å². The standard InChI is InChI=1S/C16H26N2O2S/c1-4-17-21(19,20)16-8-6-5-7-15(16)18-14-10-9-12(2)11-13(14)3/h5-8,12-14,17-18H,4,9-11H2,1-3H3. The number of hydrogen-bond donors (Lipinski definition) is 2. The largest absolute Gasteiger partial charge is 0.381 e. The van der Waals surface area contributed by atoms with E-state index in [4.69, 9.17) is 0 Å². The zero-order valence-electron chi connectivity index (χ0n) is 13.1. The molecule has 1 fully saturated rings. The van der Waals surface area contributed by atoms with E-state index in [2.05, 4.69) is 23.9 Å². The van der Waals surface area contributed by atoms with E-state index in [9.17, 15) is 8.42 Å². The fraction of sp³-hybridized carbons (Fsp3) is 0.625. The van der Waals surface area contributed by atoms with Crippen molar-refractivity contribution >= 4 is 15.7 Å². The molecule has 0 radical (unpaired) electrons. The van der Waals surface area contributed by atoms with Crippen LogP contribution < -0.4 is 10.0 Å². The van der Waals surface area contributed by atoms with Gasteiger partial charge in [0.2, 0.25) is 10.0 Å². The molecule has 2 N–H and O–H groups in total. The van der Waals surface area contributed by atoms with Crippen molar-refractivity contribution in [3.63, 3.8) is 0 Å². The second kappa shape index (κ2) is 6.79. The topological polar surface area (TPSA) is 58.2 Å². The molecular formula is C16H26N2O2S. The summed E-state index contributed by atoms with van der Waals surface area (Å²) in [5.41, 5.74) is 0.713. The molecule has 5 heteroatoms. The third kappa shape index (κ3) is 3.98. The summed E-state index contributed by atoms with van der Waals surface area (Å²) in [5, 5.41) is 3.47. The van der Waals surface area contributed by atoms with Gasteiger partial charge in [-0.05, 0) is 43.2 Å². The normalized spacial score (nSPS) is 26.5. The first-order chi connectivity index (χ1) is 9.94. The van der Waals surface area contributed by atoms with E-state index >= 15 is 0 Å². The van der Waals surface area contributed by atoms with Crippen molar-refractivity contribution in [2.45, 2.75) is 51.0 Å². The Hall–Kier alpha value is -1.07. The number of para-hydroxylation sites is 1. The predicted octanol–water partition coefficient (Wildman–Crippen LogP) is 3.22. The van der Waals surface area contributed by atoms with Crippen LogP contribution >= 0.6 is 0 Å². The van der Waals surface area contributed by atoms with Crippen LogP contribution in [0.2, 0.25) is 0 Å². The second-order valence-electron chi connectivity index (χ2n) is 6.14. The average molecular weight is 310 g/mol. The lowest BCUT2D eigenvalue weighted by Crippen LogP contribution is -2.34. The van der Waals surface area contributed by atoms with Crippen LogP contribution in [0.3, 0.4) is 0 Å². The molecular weight excluding hydrogens is 284 g/mol. The zero-order chi connectivity index (χ0) is 15.5. The highest BCUT2D eigenvalue weighted by molar-refractivity contribution is 7.89. The SMILES string of the molecule is CCNS(=O)(=O)c1ccccc1NC1CCC(C)CC1C. The molecule has 3 atom stereocenters. The van der Waals surface area contributed by atoms with Crippen molar-refractivity contribution < 1.29 is 8.42 Å². The lowest BCUT2D eigenvalue weighted by atomic mass is 9.80. The summed E-state index contributed by atoms with van der Waals surface area (Å²) in [7, 11) is -3.43. The minimum atomic E-state index is -3.43. The van der Waals surface area contributed by atoms with Crippen LogP contribution in [-0.2, 0) is 10.0 Å². The summed E-state index contributed by atoms with van der Waals surface area (Å²) < 4.78 is 27.1. The smallest absolute Gasteiger partial charge is 0.242 e. The Morgan fingerprint density at radius 1 is 1.19 bits per heavy atom. The molecule has 0 heterocycles. The summed E-state index contributed by atoms with van der Waals surface area (Å²) in [4.78, 5) is 0.345. The van der Waals surface area contributed by atoms with E-state index in [1.165, 1.54) is 12.8 Å². The molecule has 0 aliphatic heterocycles. The molecule has 1 aliphatic rings. The van der Waals surface area contributed by atoms with Crippen LogP contribution in [0.1, 0.15) is 40.0 Å². The molecule has 0 aromatic heterocycles. The van der Waals surface area contributed by atoms with Crippen molar-refractivity contribution in [1.82, 2.24) is 4.72 Å². The average Bonchev–Trinajstić information content (AvgIpc) is 2.42. The van der Waals surface area contributed by atoms with Crippen molar-refractivity contribution in [2.75, 3.05) is 11.9 Å². The Morgan fingerprint density at radius 2 is 1.90 bits per heavy atom. The van der Waals surface area contributed by atoms with E-state index in [-0.39, 0.29) is 0 Å². The van der Waals surface area contributed by atoms with Gasteiger partial charge in [0.05, 0.1) is 5.69 Å². The van der Waals surface area contributed by atoms with E-state index in [0.717, 1.165) is 12.3 Å². The van der Waals surface area contributed by atoms with Gasteiger partial charge in [0.25, 0.3) is 0 Å². The van der Waals surface area contributed by atoms with Gasteiger partial charge in [0.15, 0.2) is 0 Å². The van der Waals surface area contributed by atoms with Crippen molar-refractivity contribution in [1.29, 1.82) is 0 Å². The fourth-order valence-corrected chi connectivity index (χ4v) is 4.38. The summed E-state index contributed by atoms with van der Waals surface area (Å²) in [6.45, 7) is 6.72. The minimum absolute atomic E-state index is 0.345. The predicted molar refractivity (Wildman–Crippen MR) is 86.9 cm³/mol. The lowest BCUT2D eigenvalue weighted by Gasteiger charge is -2.34. The van der Waals surface area contributed by atoms with Crippen LogP contribution in [0, 0.1) is 11.8 Å². The molecule has 3 unspecified atom stereocenters. The van der Waals surface area contributed by atoms with Crippen LogP contribution in [-0.4, -0.2) is 21.0 Å². The monoisotopic (exact) mass is 310 g/mol. The Kier molecular flexibility index (Phi) is 5.27. The Balaban J connectivity index is 2.21. The van der Waals surface area contributed by atoms with E-state index < -0.39 is 10.0 Å². The first kappa shape index (κ1) is 16.3. The number of hydrogen-bond acceptors (Lipinski definition) is 3. The van der Waals surface area contributed by atoms with Gasteiger partial charge in [-0.3, -0.25) is 0 Å². The Labute approximate surface area is 128 Å². The van der Waals surface area contributed by atoms with E-state index in [1.807, 2.05) is 12.1 Å². The first-order valence-electron chi connectivity index (χ1n) is 7.79. The maximum absolute atomic E-state index is 12.3. The number of anilines is 1. The zero-order valence-corrected chi connectivity index (χ0v) is 13.9. The van der Waals surface area contributed by atoms with E-state index in [1.54, 1.807) is 19.1 Å². The van der Waals surface area contributed by atoms with Crippen LogP contribution in [0.25, 0.3) is 0 Å². The van der Waals surface area contributed by atoms with Crippen molar-refractivity contribution in [3.8, 4) is 0 Å². The third-order valence-electron chi connectivity index (χ3n) is 4.28. The lowest BCUT2D eigenvalue weighted by molar-refractivity contribution is 0.276. The van der Waals surface area contributed by atoms with Crippen molar-refractivity contribution in [2.24, 2.45) is 11.8 Å². The van der Waals surface area contributed by atoms with Crippen molar-refractivity contribution in [3.05, 3.63) is 24.3 Å². The number of nitrogens with one attached hydrogen (secondary N) is 2. The maximum atomic E-state index is 12.3. The van der Waals surface area contributed by atoms with Crippen LogP contribution in [0.15, 0.2) is 29.2 Å². The first-order valence-corrected chi connectivity index (χ1v) is 9.27. The molecule has 1 saturated carbocycles. The summed E-state index contributed by atoms with van der Waals surface area (Å²) >= 11 is 0. The van der Waals surface area contributed by atoms with Gasteiger partial charge < -0.3 is 5.32 Å². The fourth-order valence-electron chi connectivity index (χ4n) is 3.17. The highest BCUT2D eigenvalue weighted by Crippen LogP contribution is 2.32. The number of benzene rings is 1. The van der Waals surface area contributed by atoms with Gasteiger partial charge >= 0.3 is 0 Å².